The second-order valence-corrected chi connectivity index (χ2v) is 15.3. The number of hydrogen-bond donors (Lipinski definition) is 1. The van der Waals surface area contributed by atoms with Crippen molar-refractivity contribution < 1.29 is 21.8 Å². The number of nitrogens with two attached hydrogens (primary N) is 1. The van der Waals surface area contributed by atoms with Gasteiger partial charge in [0, 0.05) is 6.42 Å². The first-order chi connectivity index (χ1) is 13.3. The molecule has 162 valence electrons. The van der Waals surface area contributed by atoms with E-state index < -0.39 is 36.9 Å². The maximum absolute atomic E-state index is 11.8. The Morgan fingerprint density at radius 3 is 2.62 bits per heavy atom. The molecule has 3 rings (SSSR count). The van der Waals surface area contributed by atoms with Crippen molar-refractivity contribution in [1.29, 1.82) is 0 Å². The Morgan fingerprint density at radius 2 is 2.00 bits per heavy atom. The Hall–Kier alpha value is -1.60. The van der Waals surface area contributed by atoms with Crippen molar-refractivity contribution >= 4 is 35.4 Å². The molecule has 1 aliphatic heterocycles. The molecular weight excluding hydrogens is 414 g/mol. The van der Waals surface area contributed by atoms with Crippen LogP contribution in [0, 0.1) is 0 Å². The molecular formula is C17H29N5O5SSi. The Balaban J connectivity index is 1.84. The summed E-state index contributed by atoms with van der Waals surface area (Å²) >= 11 is 0. The zero-order valence-corrected chi connectivity index (χ0v) is 19.4. The van der Waals surface area contributed by atoms with Crippen LogP contribution in [-0.4, -0.2) is 61.3 Å². The van der Waals surface area contributed by atoms with Crippen LogP contribution in [0.15, 0.2) is 12.7 Å². The minimum atomic E-state index is -3.66. The molecule has 3 atom stereocenters. The van der Waals surface area contributed by atoms with Crippen molar-refractivity contribution in [2.45, 2.75) is 63.8 Å². The van der Waals surface area contributed by atoms with E-state index in [1.54, 1.807) is 10.9 Å². The van der Waals surface area contributed by atoms with Crippen LogP contribution in [0.4, 0.5) is 5.82 Å². The number of nitrogen functional groups attached to an aromatic ring is 1. The zero-order chi connectivity index (χ0) is 21.6. The molecule has 1 aliphatic rings. The second kappa shape index (κ2) is 7.58. The van der Waals surface area contributed by atoms with E-state index in [1.165, 1.54) is 6.33 Å². The molecule has 0 radical (unpaired) electrons. The van der Waals surface area contributed by atoms with Gasteiger partial charge in [-0.05, 0) is 18.1 Å². The van der Waals surface area contributed by atoms with Crippen molar-refractivity contribution in [3.05, 3.63) is 12.7 Å². The van der Waals surface area contributed by atoms with Gasteiger partial charge in [-0.1, -0.05) is 20.8 Å². The van der Waals surface area contributed by atoms with Crippen LogP contribution in [-0.2, 0) is 23.5 Å². The number of anilines is 1. The van der Waals surface area contributed by atoms with Gasteiger partial charge in [0.15, 0.2) is 19.8 Å². The first-order valence-electron chi connectivity index (χ1n) is 9.39. The number of aromatic nitrogens is 4. The van der Waals surface area contributed by atoms with Crippen LogP contribution in [0.5, 0.6) is 0 Å². The highest BCUT2D eigenvalue weighted by molar-refractivity contribution is 7.86. The Kier molecular flexibility index (Phi) is 5.77. The molecule has 1 fully saturated rings. The predicted molar refractivity (Wildman–Crippen MR) is 111 cm³/mol. The maximum Gasteiger partial charge on any atom is 0.264 e. The summed E-state index contributed by atoms with van der Waals surface area (Å²) in [6.45, 7) is 10.9. The van der Waals surface area contributed by atoms with Crippen LogP contribution >= 0.6 is 0 Å². The van der Waals surface area contributed by atoms with Gasteiger partial charge in [-0.15, -0.1) is 0 Å². The van der Waals surface area contributed by atoms with Gasteiger partial charge in [-0.2, -0.15) is 8.42 Å². The van der Waals surface area contributed by atoms with Gasteiger partial charge < -0.3 is 14.9 Å². The van der Waals surface area contributed by atoms with Crippen molar-refractivity contribution in [3.8, 4) is 0 Å². The average molecular weight is 444 g/mol. The minimum Gasteiger partial charge on any atom is -0.414 e. The van der Waals surface area contributed by atoms with Crippen LogP contribution in [0.1, 0.15) is 33.4 Å². The molecule has 0 aromatic carbocycles. The van der Waals surface area contributed by atoms with Crippen molar-refractivity contribution in [1.82, 2.24) is 19.5 Å². The highest BCUT2D eigenvalue weighted by Gasteiger charge is 2.43. The molecule has 10 nitrogen and oxygen atoms in total. The van der Waals surface area contributed by atoms with Gasteiger partial charge in [0.05, 0.1) is 19.2 Å². The number of ether oxygens (including phenoxy) is 1. The van der Waals surface area contributed by atoms with Crippen LogP contribution in [0.2, 0.25) is 18.1 Å². The molecule has 1 saturated heterocycles. The molecule has 2 aromatic heterocycles. The second-order valence-electron chi connectivity index (χ2n) is 8.86. The lowest BCUT2D eigenvalue weighted by molar-refractivity contribution is -0.0356. The third-order valence-corrected chi connectivity index (χ3v) is 10.7. The Labute approximate surface area is 172 Å². The summed E-state index contributed by atoms with van der Waals surface area (Å²) in [5.74, 6) is 0.272. The smallest absolute Gasteiger partial charge is 0.264 e. The number of nitrogens with zero attached hydrogens (tertiary/aromatic N) is 4. The van der Waals surface area contributed by atoms with E-state index in [0.717, 1.165) is 6.26 Å². The third kappa shape index (κ3) is 4.77. The fourth-order valence-corrected chi connectivity index (χ4v) is 4.60. The summed E-state index contributed by atoms with van der Waals surface area (Å²) in [5, 5.41) is 0.0210. The molecule has 29 heavy (non-hydrogen) atoms. The molecule has 0 bridgehead atoms. The monoisotopic (exact) mass is 443 g/mol. The summed E-state index contributed by atoms with van der Waals surface area (Å²) in [7, 11) is -5.70. The average Bonchev–Trinajstić information content (AvgIpc) is 3.15. The van der Waals surface area contributed by atoms with Crippen LogP contribution < -0.4 is 5.73 Å². The highest BCUT2D eigenvalue weighted by atomic mass is 32.2. The fraction of sp³-hybridized carbons (Fsp3) is 0.706. The predicted octanol–water partition coefficient (Wildman–Crippen LogP) is 2.06. The van der Waals surface area contributed by atoms with Crippen molar-refractivity contribution in [2.24, 2.45) is 0 Å². The minimum absolute atomic E-state index is 0.0210. The maximum atomic E-state index is 11.8. The molecule has 0 unspecified atom stereocenters. The molecule has 2 aromatic rings. The normalized spacial score (nSPS) is 23.7. The number of imidazole rings is 1. The van der Waals surface area contributed by atoms with Gasteiger partial charge in [-0.25, -0.2) is 15.0 Å². The van der Waals surface area contributed by atoms with E-state index in [4.69, 9.17) is 19.1 Å². The lowest BCUT2D eigenvalue weighted by Crippen LogP contribution is -2.44. The van der Waals surface area contributed by atoms with Crippen LogP contribution in [0.25, 0.3) is 11.2 Å². The van der Waals surface area contributed by atoms with E-state index in [2.05, 4.69) is 48.8 Å². The van der Waals surface area contributed by atoms with E-state index >= 15 is 0 Å². The quantitative estimate of drug-likeness (QED) is 0.526. The van der Waals surface area contributed by atoms with Crippen molar-refractivity contribution in [3.63, 3.8) is 0 Å². The van der Waals surface area contributed by atoms with Crippen molar-refractivity contribution in [2.75, 3.05) is 18.6 Å². The summed E-state index contributed by atoms with van der Waals surface area (Å²) in [6.07, 6.45) is 2.55. The number of rotatable bonds is 6. The van der Waals surface area contributed by atoms with Gasteiger partial charge >= 0.3 is 0 Å². The van der Waals surface area contributed by atoms with Gasteiger partial charge in [0.2, 0.25) is 0 Å². The number of hydrogen-bond acceptors (Lipinski definition) is 9. The summed E-state index contributed by atoms with van der Waals surface area (Å²) in [6, 6.07) is 0. The first kappa shape index (κ1) is 22.1. The van der Waals surface area contributed by atoms with Gasteiger partial charge in [0.25, 0.3) is 10.1 Å². The largest absolute Gasteiger partial charge is 0.414 e. The third-order valence-electron chi connectivity index (χ3n) is 5.59. The Morgan fingerprint density at radius 1 is 1.31 bits per heavy atom. The SMILES string of the molecule is CC(C)(C)[Si](C)(C)OC[C@@H]1O[C@@H](n2cnc3c(N)ncnc32)C[C@@H]1OS(C)(=O)=O. The van der Waals surface area contributed by atoms with Gasteiger partial charge in [-0.3, -0.25) is 8.75 Å². The highest BCUT2D eigenvalue weighted by Crippen LogP contribution is 2.39. The lowest BCUT2D eigenvalue weighted by Gasteiger charge is -2.37. The fourth-order valence-electron chi connectivity index (χ4n) is 2.93. The van der Waals surface area contributed by atoms with E-state index in [0.29, 0.717) is 17.6 Å². The molecule has 0 saturated carbocycles. The molecule has 2 N–H and O–H groups in total. The molecule has 0 amide bonds. The standard InChI is InChI=1S/C17H29N5O5SSi/c1-17(2,3)29(5,6)25-8-12-11(27-28(4,23)24)7-13(26-12)22-10-21-14-15(18)19-9-20-16(14)22/h9-13H,7-8H2,1-6H3,(H2,18,19,20)/t11-,12-,13+/m0/s1. The lowest BCUT2D eigenvalue weighted by atomic mass is 10.2. The molecule has 0 aliphatic carbocycles. The topological polar surface area (TPSA) is 131 Å². The van der Waals surface area contributed by atoms with E-state index in [-0.39, 0.29) is 17.5 Å². The first-order valence-corrected chi connectivity index (χ1v) is 14.1. The van der Waals surface area contributed by atoms with E-state index in [1.807, 2.05) is 0 Å². The summed E-state index contributed by atoms with van der Waals surface area (Å²) in [5.41, 5.74) is 6.85. The van der Waals surface area contributed by atoms with E-state index in [9.17, 15) is 8.42 Å². The van der Waals surface area contributed by atoms with Crippen LogP contribution in [0.3, 0.4) is 0 Å². The molecule has 12 heteroatoms. The zero-order valence-electron chi connectivity index (χ0n) is 17.6. The summed E-state index contributed by atoms with van der Waals surface area (Å²) < 4.78 is 43.0. The Bertz CT molecular complexity index is 988. The summed E-state index contributed by atoms with van der Waals surface area (Å²) in [4.78, 5) is 12.4. The molecule has 0 spiro atoms. The van der Waals surface area contributed by atoms with Gasteiger partial charge in [0.1, 0.15) is 30.3 Å². The number of fused-ring (bicyclic) bond motifs is 1. The molecule has 3 heterocycles.